The molecule has 0 aliphatic carbocycles. The lowest BCUT2D eigenvalue weighted by molar-refractivity contribution is -0.151. The summed E-state index contributed by atoms with van der Waals surface area (Å²) in [7, 11) is 0. The summed E-state index contributed by atoms with van der Waals surface area (Å²) in [6.07, 6.45) is 5.65. The monoisotopic (exact) mass is 425 g/mol. The van der Waals surface area contributed by atoms with Crippen LogP contribution in [0.25, 0.3) is 0 Å². The van der Waals surface area contributed by atoms with Crippen LogP contribution >= 0.6 is 11.8 Å². The van der Waals surface area contributed by atoms with Crippen LogP contribution in [-0.4, -0.2) is 42.3 Å². The molecule has 0 aromatic carbocycles. The molecule has 0 saturated heterocycles. The molecular formula is C23H39NO4S. The molecule has 0 bridgehead atoms. The molecule has 0 spiro atoms. The number of allylic oxidation sites excluding steroid dienone is 4. The van der Waals surface area contributed by atoms with Crippen LogP contribution in [0.2, 0.25) is 0 Å². The van der Waals surface area contributed by atoms with Gasteiger partial charge in [-0.1, -0.05) is 44.8 Å². The van der Waals surface area contributed by atoms with Crippen LogP contribution in [0.4, 0.5) is 0 Å². The minimum Gasteiger partial charge on any atom is -0.489 e. The van der Waals surface area contributed by atoms with E-state index in [1.54, 1.807) is 17.8 Å². The molecule has 0 unspecified atom stereocenters. The van der Waals surface area contributed by atoms with Gasteiger partial charge in [-0.3, -0.25) is 4.79 Å². The number of thioether (sulfide) groups is 1. The molecule has 1 aliphatic heterocycles. The smallest absolute Gasteiger partial charge is 0.303 e. The summed E-state index contributed by atoms with van der Waals surface area (Å²) < 4.78 is 16.0. The van der Waals surface area contributed by atoms with Crippen molar-refractivity contribution in [1.82, 2.24) is 0 Å². The molecule has 0 fully saturated rings. The van der Waals surface area contributed by atoms with E-state index >= 15 is 0 Å². The standard InChI is InChI=1S/C15H21NO2S.C6H12O2.C2H6/c1-5-12(3)9-14(6-2)17-10-13(4)11-18-15-16-7-8-19-15;1-5(7)8-6(2,3)4;1-2/h5-6,9H,1,4,7-8,10-11H2,2-3H3;1-4H3;1-2H3/b12-9-,14-6+;;. The maximum absolute atomic E-state index is 10.2. The zero-order valence-electron chi connectivity index (χ0n) is 19.5. The van der Waals surface area contributed by atoms with Crippen molar-refractivity contribution >= 4 is 23.0 Å². The third-order valence-corrected chi connectivity index (χ3v) is 3.71. The number of carbonyl (C=O) groups excluding carboxylic acids is 1. The van der Waals surface area contributed by atoms with Crippen LogP contribution in [0.15, 0.2) is 53.3 Å². The first kappa shape index (κ1) is 29.3. The predicted octanol–water partition coefficient (Wildman–Crippen LogP) is 6.09. The molecule has 1 aliphatic rings. The summed E-state index contributed by atoms with van der Waals surface area (Å²) in [5.41, 5.74) is 1.62. The quantitative estimate of drug-likeness (QED) is 0.214. The van der Waals surface area contributed by atoms with Crippen molar-refractivity contribution in [2.24, 2.45) is 4.99 Å². The lowest BCUT2D eigenvalue weighted by Gasteiger charge is -2.17. The number of esters is 1. The van der Waals surface area contributed by atoms with Crippen LogP contribution in [0.1, 0.15) is 55.4 Å². The van der Waals surface area contributed by atoms with Crippen molar-refractivity contribution in [2.75, 3.05) is 25.5 Å². The van der Waals surface area contributed by atoms with Crippen molar-refractivity contribution in [3.8, 4) is 0 Å². The Kier molecular flexibility index (Phi) is 17.1. The summed E-state index contributed by atoms with van der Waals surface area (Å²) in [4.78, 5) is 14.5. The molecule has 1 heterocycles. The molecule has 5 nitrogen and oxygen atoms in total. The number of carbonyl (C=O) groups is 1. The van der Waals surface area contributed by atoms with Crippen molar-refractivity contribution in [1.29, 1.82) is 0 Å². The minimum absolute atomic E-state index is 0.225. The number of rotatable bonds is 7. The highest BCUT2D eigenvalue weighted by atomic mass is 32.2. The van der Waals surface area contributed by atoms with Gasteiger partial charge < -0.3 is 14.2 Å². The highest BCUT2D eigenvalue weighted by molar-refractivity contribution is 8.13. The molecule has 0 aromatic rings. The van der Waals surface area contributed by atoms with Crippen molar-refractivity contribution in [2.45, 2.75) is 61.0 Å². The Morgan fingerprint density at radius 3 is 2.24 bits per heavy atom. The Labute approximate surface area is 182 Å². The molecule has 166 valence electrons. The van der Waals surface area contributed by atoms with Gasteiger partial charge in [0.25, 0.3) is 0 Å². The molecule has 0 N–H and O–H groups in total. The SMILES string of the molecule is C=C/C(C)=C\C(=C/C)OCC(=C)COC1=NCCS1.CC.CC(=O)OC(C)(C)C. The molecule has 0 aromatic heterocycles. The Morgan fingerprint density at radius 2 is 1.86 bits per heavy atom. The molecular weight excluding hydrogens is 386 g/mol. The Hall–Kier alpha value is -1.95. The molecule has 0 atom stereocenters. The molecule has 1 rings (SSSR count). The number of hydrogen-bond acceptors (Lipinski definition) is 6. The Morgan fingerprint density at radius 1 is 1.24 bits per heavy atom. The van der Waals surface area contributed by atoms with Gasteiger partial charge in [-0.2, -0.15) is 0 Å². The fourth-order valence-electron chi connectivity index (χ4n) is 1.72. The second-order valence-corrected chi connectivity index (χ2v) is 7.86. The topological polar surface area (TPSA) is 57.1 Å². The number of aliphatic imine (C=N–C) groups is 1. The first-order valence-electron chi connectivity index (χ1n) is 9.83. The average Bonchev–Trinajstić information content (AvgIpc) is 3.16. The van der Waals surface area contributed by atoms with Gasteiger partial charge in [0.05, 0.1) is 6.54 Å². The van der Waals surface area contributed by atoms with E-state index in [2.05, 4.69) is 18.2 Å². The third-order valence-electron chi connectivity index (χ3n) is 2.83. The van der Waals surface area contributed by atoms with Gasteiger partial charge in [0.15, 0.2) is 0 Å². The van der Waals surface area contributed by atoms with E-state index in [1.165, 1.54) is 6.92 Å². The van der Waals surface area contributed by atoms with Crippen LogP contribution < -0.4 is 0 Å². The largest absolute Gasteiger partial charge is 0.489 e. The Balaban J connectivity index is 0. The summed E-state index contributed by atoms with van der Waals surface area (Å²) in [6.45, 7) is 24.2. The number of ether oxygens (including phenoxy) is 3. The van der Waals surface area contributed by atoms with Gasteiger partial charge in [-0.05, 0) is 57.9 Å². The van der Waals surface area contributed by atoms with Gasteiger partial charge in [0, 0.05) is 12.7 Å². The number of nitrogens with zero attached hydrogens (tertiary/aromatic N) is 1. The van der Waals surface area contributed by atoms with Crippen molar-refractivity contribution in [3.05, 3.63) is 48.3 Å². The summed E-state index contributed by atoms with van der Waals surface area (Å²) in [5, 5.41) is 0.759. The van der Waals surface area contributed by atoms with E-state index in [0.29, 0.717) is 13.2 Å². The van der Waals surface area contributed by atoms with E-state index in [9.17, 15) is 4.79 Å². The van der Waals surface area contributed by atoms with E-state index < -0.39 is 0 Å². The van der Waals surface area contributed by atoms with Crippen LogP contribution in [0.5, 0.6) is 0 Å². The summed E-state index contributed by atoms with van der Waals surface area (Å²) in [6, 6.07) is 0. The van der Waals surface area contributed by atoms with E-state index in [-0.39, 0.29) is 11.6 Å². The van der Waals surface area contributed by atoms with E-state index in [0.717, 1.165) is 34.4 Å². The summed E-state index contributed by atoms with van der Waals surface area (Å²) >= 11 is 1.64. The lowest BCUT2D eigenvalue weighted by atomic mass is 10.2. The molecule has 0 saturated carbocycles. The maximum Gasteiger partial charge on any atom is 0.303 e. The molecule has 6 heteroatoms. The highest BCUT2D eigenvalue weighted by Gasteiger charge is 2.11. The lowest BCUT2D eigenvalue weighted by Crippen LogP contribution is -2.21. The fraction of sp³-hybridized carbons (Fsp3) is 0.565. The molecule has 29 heavy (non-hydrogen) atoms. The second kappa shape index (κ2) is 17.0. The van der Waals surface area contributed by atoms with Crippen molar-refractivity contribution in [3.63, 3.8) is 0 Å². The summed E-state index contributed by atoms with van der Waals surface area (Å²) in [5.74, 6) is 1.59. The first-order valence-corrected chi connectivity index (χ1v) is 10.8. The molecule has 0 radical (unpaired) electrons. The first-order chi connectivity index (χ1) is 13.6. The third kappa shape index (κ3) is 19.2. The predicted molar refractivity (Wildman–Crippen MR) is 126 cm³/mol. The second-order valence-electron chi connectivity index (χ2n) is 6.81. The average molecular weight is 426 g/mol. The van der Waals surface area contributed by atoms with E-state index in [4.69, 9.17) is 14.2 Å². The van der Waals surface area contributed by atoms with Crippen LogP contribution in [0, 0.1) is 0 Å². The van der Waals surface area contributed by atoms with Gasteiger partial charge in [0.2, 0.25) is 5.23 Å². The minimum atomic E-state index is -0.328. The zero-order chi connectivity index (χ0) is 22.9. The maximum atomic E-state index is 10.2. The van der Waals surface area contributed by atoms with Crippen molar-refractivity contribution < 1.29 is 19.0 Å². The fourth-order valence-corrected chi connectivity index (χ4v) is 2.40. The van der Waals surface area contributed by atoms with E-state index in [1.807, 2.05) is 60.6 Å². The van der Waals surface area contributed by atoms with Gasteiger partial charge in [-0.15, -0.1) is 0 Å². The normalized spacial score (nSPS) is 13.7. The zero-order valence-corrected chi connectivity index (χ0v) is 20.3. The number of hydrogen-bond donors (Lipinski definition) is 0. The van der Waals surface area contributed by atoms with Gasteiger partial charge in [0.1, 0.15) is 24.6 Å². The van der Waals surface area contributed by atoms with Crippen LogP contribution in [0.3, 0.4) is 0 Å². The van der Waals surface area contributed by atoms with Gasteiger partial charge in [-0.25, -0.2) is 4.99 Å². The highest BCUT2D eigenvalue weighted by Crippen LogP contribution is 2.14. The molecule has 0 amide bonds. The van der Waals surface area contributed by atoms with Crippen LogP contribution in [-0.2, 0) is 19.0 Å². The Bertz CT molecular complexity index is 598. The van der Waals surface area contributed by atoms with Gasteiger partial charge >= 0.3 is 5.97 Å².